The smallest absolute Gasteiger partial charge is 0.0990 e. The van der Waals surface area contributed by atoms with Crippen LogP contribution in [0.5, 0.6) is 0 Å². The molecule has 0 aliphatic heterocycles. The third kappa shape index (κ3) is 1.39. The van der Waals surface area contributed by atoms with E-state index in [2.05, 4.69) is 0 Å². The van der Waals surface area contributed by atoms with Crippen molar-refractivity contribution >= 4 is 11.6 Å². The quantitative estimate of drug-likeness (QED) is 0.670. The van der Waals surface area contributed by atoms with E-state index in [0.717, 1.165) is 19.3 Å². The summed E-state index contributed by atoms with van der Waals surface area (Å²) in [7, 11) is 0. The van der Waals surface area contributed by atoms with Gasteiger partial charge in [0.2, 0.25) is 0 Å². The van der Waals surface area contributed by atoms with E-state index in [1.165, 1.54) is 6.42 Å². The van der Waals surface area contributed by atoms with Crippen molar-refractivity contribution in [1.82, 2.24) is 0 Å². The molecule has 0 aromatic rings. The zero-order valence-electron chi connectivity index (χ0n) is 7.91. The Morgan fingerprint density at radius 3 is 2.54 bits per heavy atom. The molecule has 3 heteroatoms. The van der Waals surface area contributed by atoms with Crippen LogP contribution in [-0.4, -0.2) is 27.3 Å². The van der Waals surface area contributed by atoms with Gasteiger partial charge >= 0.3 is 0 Å². The lowest BCUT2D eigenvalue weighted by Gasteiger charge is -2.37. The molecule has 0 saturated heterocycles. The highest BCUT2D eigenvalue weighted by Crippen LogP contribution is 2.52. The molecule has 2 rings (SSSR count). The number of halogens is 1. The summed E-state index contributed by atoms with van der Waals surface area (Å²) in [6, 6.07) is 0. The van der Waals surface area contributed by atoms with Crippen LogP contribution in [0.3, 0.4) is 0 Å². The van der Waals surface area contributed by atoms with Crippen molar-refractivity contribution in [3.05, 3.63) is 0 Å². The van der Waals surface area contributed by atoms with E-state index in [4.69, 9.17) is 11.6 Å². The minimum absolute atomic E-state index is 0.286. The first-order valence-corrected chi connectivity index (χ1v) is 5.52. The Bertz CT molecular complexity index is 207. The molecule has 0 aromatic carbocycles. The van der Waals surface area contributed by atoms with Crippen molar-refractivity contribution < 1.29 is 10.2 Å². The van der Waals surface area contributed by atoms with E-state index >= 15 is 0 Å². The number of aliphatic hydroxyl groups is 2. The molecule has 0 heterocycles. The highest BCUT2D eigenvalue weighted by molar-refractivity contribution is 6.20. The van der Waals surface area contributed by atoms with Gasteiger partial charge in [0.05, 0.1) is 17.1 Å². The maximum atomic E-state index is 10.3. The lowest BCUT2D eigenvalue weighted by atomic mass is 9.79. The van der Waals surface area contributed by atoms with Gasteiger partial charge in [-0.05, 0) is 44.4 Å². The zero-order chi connectivity index (χ0) is 9.64. The summed E-state index contributed by atoms with van der Waals surface area (Å²) in [6.45, 7) is 1.75. The molecular formula is C10H17ClO2. The molecule has 2 nitrogen and oxygen atoms in total. The fourth-order valence-electron chi connectivity index (χ4n) is 3.10. The zero-order valence-corrected chi connectivity index (χ0v) is 8.67. The minimum atomic E-state index is -0.885. The molecule has 2 saturated carbocycles. The SMILES string of the molecule is CC(Cl)C(O)C1(O)CC2CCC1C2. The van der Waals surface area contributed by atoms with Crippen molar-refractivity contribution in [3.8, 4) is 0 Å². The summed E-state index contributed by atoms with van der Waals surface area (Å²) in [5, 5.41) is 19.8. The second-order valence-electron chi connectivity index (χ2n) is 4.69. The number of aliphatic hydroxyl groups excluding tert-OH is 1. The molecule has 5 unspecified atom stereocenters. The Balaban J connectivity index is 2.13. The maximum Gasteiger partial charge on any atom is 0.0990 e. The van der Waals surface area contributed by atoms with Gasteiger partial charge in [-0.3, -0.25) is 0 Å². The van der Waals surface area contributed by atoms with Gasteiger partial charge in [-0.2, -0.15) is 0 Å². The van der Waals surface area contributed by atoms with Gasteiger partial charge in [-0.1, -0.05) is 0 Å². The van der Waals surface area contributed by atoms with E-state index in [0.29, 0.717) is 5.92 Å². The number of alkyl halides is 1. The van der Waals surface area contributed by atoms with Gasteiger partial charge in [0.15, 0.2) is 0 Å². The van der Waals surface area contributed by atoms with Crippen molar-refractivity contribution in [1.29, 1.82) is 0 Å². The largest absolute Gasteiger partial charge is 0.389 e. The summed E-state index contributed by atoms with van der Waals surface area (Å²) >= 11 is 5.83. The van der Waals surface area contributed by atoms with Gasteiger partial charge in [-0.25, -0.2) is 0 Å². The lowest BCUT2D eigenvalue weighted by Crippen LogP contribution is -2.50. The van der Waals surface area contributed by atoms with Crippen LogP contribution in [0.2, 0.25) is 0 Å². The summed E-state index contributed by atoms with van der Waals surface area (Å²) in [4.78, 5) is 0. The molecule has 2 aliphatic rings. The van der Waals surface area contributed by atoms with Crippen molar-refractivity contribution in [3.63, 3.8) is 0 Å². The van der Waals surface area contributed by atoms with Crippen LogP contribution in [0.1, 0.15) is 32.6 Å². The van der Waals surface area contributed by atoms with Crippen molar-refractivity contribution in [2.24, 2.45) is 11.8 Å². The predicted molar refractivity (Wildman–Crippen MR) is 51.7 cm³/mol. The van der Waals surface area contributed by atoms with Gasteiger partial charge in [0.1, 0.15) is 0 Å². The molecule has 5 atom stereocenters. The molecule has 2 bridgehead atoms. The Kier molecular flexibility index (Phi) is 2.33. The van der Waals surface area contributed by atoms with Gasteiger partial charge in [0.25, 0.3) is 0 Å². The summed E-state index contributed by atoms with van der Waals surface area (Å²) in [5.74, 6) is 0.911. The first kappa shape index (κ1) is 9.75. The Labute approximate surface area is 83.9 Å². The van der Waals surface area contributed by atoms with Crippen LogP contribution in [0, 0.1) is 11.8 Å². The van der Waals surface area contributed by atoms with Gasteiger partial charge in [-0.15, -0.1) is 11.6 Å². The van der Waals surface area contributed by atoms with Crippen LogP contribution >= 0.6 is 11.6 Å². The van der Waals surface area contributed by atoms with Gasteiger partial charge < -0.3 is 10.2 Å². The van der Waals surface area contributed by atoms with Crippen molar-refractivity contribution in [2.45, 2.75) is 49.7 Å². The third-order valence-corrected chi connectivity index (χ3v) is 4.05. The molecule has 0 radical (unpaired) electrons. The first-order chi connectivity index (χ1) is 6.04. The van der Waals surface area contributed by atoms with Gasteiger partial charge in [0, 0.05) is 0 Å². The highest BCUT2D eigenvalue weighted by atomic mass is 35.5. The van der Waals surface area contributed by atoms with Crippen LogP contribution in [0.25, 0.3) is 0 Å². The van der Waals surface area contributed by atoms with E-state index in [9.17, 15) is 10.2 Å². The number of rotatable bonds is 2. The lowest BCUT2D eigenvalue weighted by molar-refractivity contribution is -0.109. The number of fused-ring (bicyclic) bond motifs is 2. The molecule has 0 aromatic heterocycles. The van der Waals surface area contributed by atoms with E-state index in [1.54, 1.807) is 6.92 Å². The average Bonchev–Trinajstić information content (AvgIpc) is 2.62. The van der Waals surface area contributed by atoms with Crippen LogP contribution in [0.4, 0.5) is 0 Å². The number of hydrogen-bond donors (Lipinski definition) is 2. The van der Waals surface area contributed by atoms with Crippen molar-refractivity contribution in [2.75, 3.05) is 0 Å². The molecule has 0 spiro atoms. The monoisotopic (exact) mass is 204 g/mol. The van der Waals surface area contributed by atoms with E-state index < -0.39 is 11.7 Å². The van der Waals surface area contributed by atoms with Crippen LogP contribution in [-0.2, 0) is 0 Å². The molecule has 2 fully saturated rings. The summed E-state index contributed by atoms with van der Waals surface area (Å²) in [6.07, 6.45) is 3.34. The highest BCUT2D eigenvalue weighted by Gasteiger charge is 2.54. The fraction of sp³-hybridized carbons (Fsp3) is 1.00. The normalized spacial score (nSPS) is 48.0. The standard InChI is InChI=1S/C10H17ClO2/c1-6(11)9(12)10(13)5-7-2-3-8(10)4-7/h6-9,12-13H,2-5H2,1H3. The average molecular weight is 205 g/mol. The maximum absolute atomic E-state index is 10.3. The Morgan fingerprint density at radius 2 is 2.15 bits per heavy atom. The minimum Gasteiger partial charge on any atom is -0.389 e. The molecular weight excluding hydrogens is 188 g/mol. The molecule has 2 aliphatic carbocycles. The second-order valence-corrected chi connectivity index (χ2v) is 5.38. The number of hydrogen-bond acceptors (Lipinski definition) is 2. The molecule has 76 valence electrons. The molecule has 2 N–H and O–H groups in total. The second kappa shape index (κ2) is 3.11. The topological polar surface area (TPSA) is 40.5 Å². The van der Waals surface area contributed by atoms with E-state index in [-0.39, 0.29) is 11.3 Å². The van der Waals surface area contributed by atoms with Crippen LogP contribution < -0.4 is 0 Å². The summed E-state index contributed by atoms with van der Waals surface area (Å²) in [5.41, 5.74) is -0.885. The predicted octanol–water partition coefficient (Wildman–Crippen LogP) is 1.53. The van der Waals surface area contributed by atoms with E-state index in [1.807, 2.05) is 0 Å². The fourth-order valence-corrected chi connectivity index (χ4v) is 3.32. The Hall–Kier alpha value is 0.210. The first-order valence-electron chi connectivity index (χ1n) is 5.08. The van der Waals surface area contributed by atoms with Crippen LogP contribution in [0.15, 0.2) is 0 Å². The Morgan fingerprint density at radius 1 is 1.46 bits per heavy atom. The molecule has 0 amide bonds. The third-order valence-electron chi connectivity index (χ3n) is 3.81. The summed E-state index contributed by atoms with van der Waals surface area (Å²) < 4.78 is 0. The molecule has 13 heavy (non-hydrogen) atoms.